The van der Waals surface area contributed by atoms with Crippen molar-refractivity contribution in [2.45, 2.75) is 33.2 Å². The number of nitrogens with zero attached hydrogens (tertiary/aromatic N) is 1. The van der Waals surface area contributed by atoms with Gasteiger partial charge in [0.05, 0.1) is 32.1 Å². The molecule has 0 fully saturated rings. The SMILES string of the molecule is CCOC(=O)c1cn2c(cc1=O)-c1cc(OC)c(OCC(C)C)cc1CC2c1cccs1. The number of fused-ring (bicyclic) bond motifs is 3. The van der Waals surface area contributed by atoms with E-state index in [4.69, 9.17) is 14.2 Å². The van der Waals surface area contributed by atoms with Crippen molar-refractivity contribution >= 4 is 17.3 Å². The number of methoxy groups -OCH3 is 1. The largest absolute Gasteiger partial charge is 0.493 e. The van der Waals surface area contributed by atoms with Gasteiger partial charge in [0.1, 0.15) is 5.56 Å². The van der Waals surface area contributed by atoms with E-state index in [2.05, 4.69) is 19.9 Å². The van der Waals surface area contributed by atoms with Crippen molar-refractivity contribution in [3.05, 3.63) is 68.1 Å². The van der Waals surface area contributed by atoms with E-state index in [1.54, 1.807) is 31.6 Å². The van der Waals surface area contributed by atoms with Crippen molar-refractivity contribution in [1.29, 1.82) is 0 Å². The Bertz CT molecular complexity index is 1180. The minimum Gasteiger partial charge on any atom is -0.493 e. The first-order valence-electron chi connectivity index (χ1n) is 10.7. The topological polar surface area (TPSA) is 66.8 Å². The summed E-state index contributed by atoms with van der Waals surface area (Å²) in [6.45, 7) is 6.73. The maximum Gasteiger partial charge on any atom is 0.343 e. The van der Waals surface area contributed by atoms with E-state index in [1.807, 2.05) is 28.1 Å². The fourth-order valence-corrected chi connectivity index (χ4v) is 4.77. The molecule has 0 spiro atoms. The highest BCUT2D eigenvalue weighted by Gasteiger charge is 2.29. The van der Waals surface area contributed by atoms with Crippen molar-refractivity contribution in [3.63, 3.8) is 0 Å². The molecule has 1 aliphatic rings. The first kappa shape index (κ1) is 22.1. The van der Waals surface area contributed by atoms with Crippen LogP contribution in [-0.2, 0) is 11.2 Å². The molecule has 0 bridgehead atoms. The molecule has 0 saturated heterocycles. The Morgan fingerprint density at radius 2 is 2.06 bits per heavy atom. The van der Waals surface area contributed by atoms with Gasteiger partial charge in [-0.15, -0.1) is 11.3 Å². The van der Waals surface area contributed by atoms with Crippen LogP contribution in [0.1, 0.15) is 47.6 Å². The van der Waals surface area contributed by atoms with E-state index >= 15 is 0 Å². The van der Waals surface area contributed by atoms with Crippen LogP contribution in [0, 0.1) is 5.92 Å². The maximum atomic E-state index is 12.8. The Hall–Kier alpha value is -3.06. The van der Waals surface area contributed by atoms with Crippen LogP contribution < -0.4 is 14.9 Å². The molecule has 6 nitrogen and oxygen atoms in total. The molecular formula is C25H27NO5S. The van der Waals surface area contributed by atoms with E-state index < -0.39 is 5.97 Å². The molecule has 0 aliphatic carbocycles. The predicted molar refractivity (Wildman–Crippen MR) is 125 cm³/mol. The molecule has 3 aromatic rings. The summed E-state index contributed by atoms with van der Waals surface area (Å²) in [6, 6.07) is 9.51. The molecule has 1 unspecified atom stereocenters. The highest BCUT2D eigenvalue weighted by Crippen LogP contribution is 2.43. The maximum absolute atomic E-state index is 12.8. The van der Waals surface area contributed by atoms with Gasteiger partial charge in [0.15, 0.2) is 16.9 Å². The molecule has 0 saturated carbocycles. The number of aromatic nitrogens is 1. The summed E-state index contributed by atoms with van der Waals surface area (Å²) in [7, 11) is 1.61. The monoisotopic (exact) mass is 453 g/mol. The average Bonchev–Trinajstić information content (AvgIpc) is 3.31. The third-order valence-electron chi connectivity index (χ3n) is 5.43. The van der Waals surface area contributed by atoms with E-state index in [-0.39, 0.29) is 23.6 Å². The summed E-state index contributed by atoms with van der Waals surface area (Å²) in [5.41, 5.74) is 2.41. The second-order valence-corrected chi connectivity index (χ2v) is 9.14. The van der Waals surface area contributed by atoms with Gasteiger partial charge in [-0.25, -0.2) is 4.79 Å². The number of carbonyl (C=O) groups excluding carboxylic acids is 1. The lowest BCUT2D eigenvalue weighted by atomic mass is 9.91. The molecule has 1 aromatic carbocycles. The Kier molecular flexibility index (Phi) is 6.37. The van der Waals surface area contributed by atoms with Crippen LogP contribution in [0.3, 0.4) is 0 Å². The van der Waals surface area contributed by atoms with Gasteiger partial charge in [0, 0.05) is 22.7 Å². The summed E-state index contributed by atoms with van der Waals surface area (Å²) >= 11 is 1.65. The van der Waals surface area contributed by atoms with Gasteiger partial charge in [0.2, 0.25) is 0 Å². The number of pyridine rings is 1. The fraction of sp³-hybridized carbons (Fsp3) is 0.360. The second-order valence-electron chi connectivity index (χ2n) is 8.16. The Labute approximate surface area is 191 Å². The second kappa shape index (κ2) is 9.20. The number of thiophene rings is 1. The summed E-state index contributed by atoms with van der Waals surface area (Å²) in [4.78, 5) is 26.4. The molecule has 2 aromatic heterocycles. The zero-order valence-electron chi connectivity index (χ0n) is 18.7. The molecule has 4 rings (SSSR count). The molecule has 0 N–H and O–H groups in total. The number of hydrogen-bond acceptors (Lipinski definition) is 6. The summed E-state index contributed by atoms with van der Waals surface area (Å²) < 4.78 is 18.7. The van der Waals surface area contributed by atoms with Crippen molar-refractivity contribution in [2.24, 2.45) is 5.92 Å². The number of carbonyl (C=O) groups is 1. The Morgan fingerprint density at radius 3 is 2.72 bits per heavy atom. The average molecular weight is 454 g/mol. The van der Waals surface area contributed by atoms with Crippen LogP contribution in [-0.4, -0.2) is 30.9 Å². The van der Waals surface area contributed by atoms with Gasteiger partial charge in [-0.2, -0.15) is 0 Å². The molecule has 32 heavy (non-hydrogen) atoms. The molecule has 168 valence electrons. The smallest absolute Gasteiger partial charge is 0.343 e. The fourth-order valence-electron chi connectivity index (χ4n) is 3.95. The van der Waals surface area contributed by atoms with Crippen molar-refractivity contribution < 1.29 is 19.0 Å². The van der Waals surface area contributed by atoms with Crippen molar-refractivity contribution in [3.8, 4) is 22.8 Å². The van der Waals surface area contributed by atoms with Crippen LogP contribution >= 0.6 is 11.3 Å². The Morgan fingerprint density at radius 1 is 1.25 bits per heavy atom. The zero-order valence-corrected chi connectivity index (χ0v) is 19.5. The lowest BCUT2D eigenvalue weighted by Gasteiger charge is -2.31. The third kappa shape index (κ3) is 4.17. The number of rotatable bonds is 7. The zero-order chi connectivity index (χ0) is 22.8. The number of hydrogen-bond donors (Lipinski definition) is 0. The van der Waals surface area contributed by atoms with Crippen molar-refractivity contribution in [1.82, 2.24) is 4.57 Å². The predicted octanol–water partition coefficient (Wildman–Crippen LogP) is 4.94. The van der Waals surface area contributed by atoms with Gasteiger partial charge < -0.3 is 18.8 Å². The van der Waals surface area contributed by atoms with E-state index in [1.165, 1.54) is 6.07 Å². The minimum absolute atomic E-state index is 0.0439. The molecule has 1 atom stereocenters. The van der Waals surface area contributed by atoms with Crippen LogP contribution in [0.15, 0.2) is 46.7 Å². The minimum atomic E-state index is -0.599. The van der Waals surface area contributed by atoms with E-state index in [0.717, 1.165) is 21.7 Å². The Balaban J connectivity index is 1.89. The van der Waals surface area contributed by atoms with Gasteiger partial charge in [-0.05, 0) is 48.4 Å². The highest BCUT2D eigenvalue weighted by molar-refractivity contribution is 7.10. The highest BCUT2D eigenvalue weighted by atomic mass is 32.1. The first-order valence-corrected chi connectivity index (χ1v) is 11.6. The quantitative estimate of drug-likeness (QED) is 0.474. The third-order valence-corrected chi connectivity index (χ3v) is 6.41. The van der Waals surface area contributed by atoms with Gasteiger partial charge in [0.25, 0.3) is 0 Å². The van der Waals surface area contributed by atoms with Crippen LogP contribution in [0.25, 0.3) is 11.3 Å². The summed E-state index contributed by atoms with van der Waals surface area (Å²) in [6.07, 6.45) is 2.34. The molecule has 7 heteroatoms. The molecule has 3 heterocycles. The van der Waals surface area contributed by atoms with E-state index in [0.29, 0.717) is 30.4 Å². The molecule has 0 amide bonds. The lowest BCUT2D eigenvalue weighted by Crippen LogP contribution is -2.26. The van der Waals surface area contributed by atoms with Gasteiger partial charge in [-0.1, -0.05) is 19.9 Å². The number of benzene rings is 1. The number of esters is 1. The van der Waals surface area contributed by atoms with Gasteiger partial charge in [-0.3, -0.25) is 4.79 Å². The standard InChI is InChI=1S/C25H27NO5S/c1-5-30-25(28)18-13-26-19(12-21(18)27)17-11-22(29-4)23(31-14-15(2)3)10-16(17)9-20(26)24-7-6-8-32-24/h6-8,10-13,15,20H,5,9,14H2,1-4H3. The summed E-state index contributed by atoms with van der Waals surface area (Å²) in [5, 5.41) is 2.03. The van der Waals surface area contributed by atoms with Crippen LogP contribution in [0.5, 0.6) is 11.5 Å². The molecule has 1 aliphatic heterocycles. The normalized spacial score (nSPS) is 14.6. The summed E-state index contributed by atoms with van der Waals surface area (Å²) in [5.74, 6) is 1.10. The van der Waals surface area contributed by atoms with E-state index in [9.17, 15) is 9.59 Å². The van der Waals surface area contributed by atoms with Crippen LogP contribution in [0.4, 0.5) is 0 Å². The van der Waals surface area contributed by atoms with Crippen molar-refractivity contribution in [2.75, 3.05) is 20.3 Å². The lowest BCUT2D eigenvalue weighted by molar-refractivity contribution is 0.0523. The molecular weight excluding hydrogens is 426 g/mol. The first-order chi connectivity index (χ1) is 15.4. The van der Waals surface area contributed by atoms with Crippen LogP contribution in [0.2, 0.25) is 0 Å². The molecule has 0 radical (unpaired) electrons. The van der Waals surface area contributed by atoms with Gasteiger partial charge >= 0.3 is 5.97 Å². The number of ether oxygens (including phenoxy) is 3.